The zero-order valence-corrected chi connectivity index (χ0v) is 19.3. The Labute approximate surface area is 174 Å². The lowest BCUT2D eigenvalue weighted by molar-refractivity contribution is -0.124. The second kappa shape index (κ2) is 19.5. The number of hydrogen-bond donors (Lipinski definition) is 3. The summed E-state index contributed by atoms with van der Waals surface area (Å²) in [4.78, 5) is 22.9. The van der Waals surface area contributed by atoms with E-state index in [2.05, 4.69) is 6.92 Å². The predicted molar refractivity (Wildman–Crippen MR) is 121 cm³/mol. The molecule has 0 aromatic rings. The molecule has 0 aliphatic carbocycles. The number of carbonyl (C=O) groups excluding carboxylic acids is 2. The van der Waals surface area contributed by atoms with Gasteiger partial charge in [0.05, 0.1) is 12.1 Å². The first kappa shape index (κ1) is 29.4. The van der Waals surface area contributed by atoms with Gasteiger partial charge in [-0.3, -0.25) is 9.59 Å². The molecule has 6 N–H and O–H groups in total. The van der Waals surface area contributed by atoms with Gasteiger partial charge >= 0.3 is 0 Å². The van der Waals surface area contributed by atoms with Crippen molar-refractivity contribution in [1.82, 2.24) is 0 Å². The largest absolute Gasteiger partial charge is 0.330 e. The summed E-state index contributed by atoms with van der Waals surface area (Å²) in [6, 6.07) is -0.482. The van der Waals surface area contributed by atoms with Gasteiger partial charge in [0.25, 0.3) is 0 Å². The second-order valence-electron chi connectivity index (χ2n) is 8.52. The molecule has 0 aliphatic rings. The summed E-state index contributed by atoms with van der Waals surface area (Å²) in [6.07, 6.45) is 12.2. The van der Waals surface area contributed by atoms with Crippen molar-refractivity contribution >= 4 is 11.6 Å². The number of ketones is 2. The molecular weight excluding hydrogens is 350 g/mol. The van der Waals surface area contributed by atoms with Crippen LogP contribution in [0, 0.1) is 11.8 Å². The van der Waals surface area contributed by atoms with Crippen LogP contribution in [-0.4, -0.2) is 30.2 Å². The molecule has 0 aliphatic heterocycles. The van der Waals surface area contributed by atoms with Crippen LogP contribution in [0.2, 0.25) is 0 Å². The summed E-state index contributed by atoms with van der Waals surface area (Å²) in [6.45, 7) is 10.6. The van der Waals surface area contributed by atoms with E-state index in [9.17, 15) is 9.59 Å². The SMILES string of the molecule is CC(C)C(=O)[C@@H](N)CCCCCCN.CCCCCCC[C@@H](N)C(=O)C(C)C. The van der Waals surface area contributed by atoms with Crippen molar-refractivity contribution in [2.45, 2.75) is 117 Å². The molecule has 0 rings (SSSR count). The molecule has 0 amide bonds. The average molecular weight is 400 g/mol. The maximum Gasteiger partial charge on any atom is 0.152 e. The molecule has 28 heavy (non-hydrogen) atoms. The fourth-order valence-corrected chi connectivity index (χ4v) is 2.97. The number of hydrogen-bond acceptors (Lipinski definition) is 5. The van der Waals surface area contributed by atoms with E-state index in [1.165, 1.54) is 25.7 Å². The Morgan fingerprint density at radius 2 is 1.00 bits per heavy atom. The Morgan fingerprint density at radius 3 is 1.32 bits per heavy atom. The van der Waals surface area contributed by atoms with Crippen LogP contribution in [0.4, 0.5) is 0 Å². The van der Waals surface area contributed by atoms with Gasteiger partial charge in [-0.2, -0.15) is 0 Å². The fraction of sp³-hybridized carbons (Fsp3) is 0.913. The van der Waals surface area contributed by atoms with E-state index in [1.54, 1.807) is 0 Å². The molecule has 5 heteroatoms. The molecule has 0 radical (unpaired) electrons. The molecule has 168 valence electrons. The Kier molecular flexibility index (Phi) is 20.5. The van der Waals surface area contributed by atoms with Gasteiger partial charge in [0.2, 0.25) is 0 Å². The van der Waals surface area contributed by atoms with Crippen LogP contribution in [-0.2, 0) is 9.59 Å². The van der Waals surface area contributed by atoms with Gasteiger partial charge in [-0.25, -0.2) is 0 Å². The minimum Gasteiger partial charge on any atom is -0.330 e. The summed E-state index contributed by atoms with van der Waals surface area (Å²) in [7, 11) is 0. The Morgan fingerprint density at radius 1 is 0.643 bits per heavy atom. The van der Waals surface area contributed by atoms with E-state index in [0.29, 0.717) is 0 Å². The molecule has 0 fully saturated rings. The first-order valence-electron chi connectivity index (χ1n) is 11.5. The maximum absolute atomic E-state index is 11.4. The summed E-state index contributed by atoms with van der Waals surface area (Å²) >= 11 is 0. The standard InChI is InChI=1S/C12H25NO.C11H24N2O/c1-4-5-6-7-8-9-11(13)12(14)10(2)3;1-9(2)11(14)10(13)7-5-3-4-6-8-12/h10-11H,4-9,13H2,1-3H3;9-10H,3-8,12-13H2,1-2H3/t11-;10-/m10/s1. The Hall–Kier alpha value is -0.780. The molecule has 0 spiro atoms. The summed E-state index contributed by atoms with van der Waals surface area (Å²) in [5.74, 6) is 0.541. The summed E-state index contributed by atoms with van der Waals surface area (Å²) < 4.78 is 0. The van der Waals surface area contributed by atoms with Crippen LogP contribution in [0.5, 0.6) is 0 Å². The van der Waals surface area contributed by atoms with E-state index in [0.717, 1.165) is 51.5 Å². The van der Waals surface area contributed by atoms with Gasteiger partial charge < -0.3 is 17.2 Å². The van der Waals surface area contributed by atoms with E-state index in [1.807, 2.05) is 27.7 Å². The average Bonchev–Trinajstić information content (AvgIpc) is 2.66. The van der Waals surface area contributed by atoms with Crippen LogP contribution in [0.15, 0.2) is 0 Å². The number of Topliss-reactive ketones (excluding diaryl/α,β-unsaturated/α-hetero) is 2. The van der Waals surface area contributed by atoms with Crippen molar-refractivity contribution < 1.29 is 9.59 Å². The first-order chi connectivity index (χ1) is 13.2. The van der Waals surface area contributed by atoms with Crippen molar-refractivity contribution in [1.29, 1.82) is 0 Å². The highest BCUT2D eigenvalue weighted by Crippen LogP contribution is 2.09. The van der Waals surface area contributed by atoms with Crippen LogP contribution in [0.25, 0.3) is 0 Å². The molecule has 2 atom stereocenters. The molecule has 0 saturated heterocycles. The van der Waals surface area contributed by atoms with Crippen LogP contribution in [0.3, 0.4) is 0 Å². The van der Waals surface area contributed by atoms with Gasteiger partial charge in [-0.1, -0.05) is 86.0 Å². The number of nitrogens with two attached hydrogens (primary N) is 3. The van der Waals surface area contributed by atoms with Crippen LogP contribution >= 0.6 is 0 Å². The highest BCUT2D eigenvalue weighted by atomic mass is 16.1. The quantitative estimate of drug-likeness (QED) is 0.334. The maximum atomic E-state index is 11.4. The van der Waals surface area contributed by atoms with Crippen molar-refractivity contribution in [2.75, 3.05) is 6.54 Å². The highest BCUT2D eigenvalue weighted by molar-refractivity contribution is 5.85. The minimum atomic E-state index is -0.257. The monoisotopic (exact) mass is 399 g/mol. The van der Waals surface area contributed by atoms with Gasteiger partial charge in [0, 0.05) is 11.8 Å². The summed E-state index contributed by atoms with van der Waals surface area (Å²) in [5, 5.41) is 0. The molecule has 0 aromatic carbocycles. The normalized spacial score (nSPS) is 13.2. The third-order valence-corrected chi connectivity index (χ3v) is 4.96. The van der Waals surface area contributed by atoms with E-state index >= 15 is 0 Å². The van der Waals surface area contributed by atoms with E-state index in [4.69, 9.17) is 17.2 Å². The summed E-state index contributed by atoms with van der Waals surface area (Å²) in [5.41, 5.74) is 16.9. The third kappa shape index (κ3) is 17.3. The highest BCUT2D eigenvalue weighted by Gasteiger charge is 2.16. The van der Waals surface area contributed by atoms with Gasteiger partial charge in [0.1, 0.15) is 0 Å². The molecular formula is C23H49N3O2. The lowest BCUT2D eigenvalue weighted by atomic mass is 9.97. The van der Waals surface area contributed by atoms with E-state index < -0.39 is 0 Å². The molecule has 5 nitrogen and oxygen atoms in total. The predicted octanol–water partition coefficient (Wildman–Crippen LogP) is 4.35. The van der Waals surface area contributed by atoms with Crippen molar-refractivity contribution in [3.8, 4) is 0 Å². The zero-order valence-electron chi connectivity index (χ0n) is 19.3. The van der Waals surface area contributed by atoms with Crippen LogP contribution < -0.4 is 17.2 Å². The third-order valence-electron chi connectivity index (χ3n) is 4.96. The fourth-order valence-electron chi connectivity index (χ4n) is 2.97. The van der Waals surface area contributed by atoms with E-state index in [-0.39, 0.29) is 35.5 Å². The Balaban J connectivity index is 0. The molecule has 0 bridgehead atoms. The number of unbranched alkanes of at least 4 members (excludes halogenated alkanes) is 7. The molecule has 0 aromatic heterocycles. The van der Waals surface area contributed by atoms with Crippen LogP contribution in [0.1, 0.15) is 105 Å². The van der Waals surface area contributed by atoms with Crippen molar-refractivity contribution in [3.05, 3.63) is 0 Å². The van der Waals surface area contributed by atoms with Gasteiger partial charge in [0.15, 0.2) is 11.6 Å². The second-order valence-corrected chi connectivity index (χ2v) is 8.52. The lowest BCUT2D eigenvalue weighted by Crippen LogP contribution is -2.33. The first-order valence-corrected chi connectivity index (χ1v) is 11.5. The lowest BCUT2D eigenvalue weighted by Gasteiger charge is -2.12. The number of rotatable bonds is 16. The zero-order chi connectivity index (χ0) is 21.9. The smallest absolute Gasteiger partial charge is 0.152 e. The molecule has 0 saturated carbocycles. The van der Waals surface area contributed by atoms with Gasteiger partial charge in [-0.15, -0.1) is 0 Å². The Bertz CT molecular complexity index is 348. The minimum absolute atomic E-state index is 0.0639. The molecule has 0 heterocycles. The van der Waals surface area contributed by atoms with Crippen molar-refractivity contribution in [3.63, 3.8) is 0 Å². The van der Waals surface area contributed by atoms with Crippen molar-refractivity contribution in [2.24, 2.45) is 29.0 Å². The van der Waals surface area contributed by atoms with Gasteiger partial charge in [-0.05, 0) is 25.8 Å². The topological polar surface area (TPSA) is 112 Å². The molecule has 0 unspecified atom stereocenters. The number of carbonyl (C=O) groups is 2.